The van der Waals surface area contributed by atoms with E-state index >= 15 is 0 Å². The van der Waals surface area contributed by atoms with Crippen molar-refractivity contribution < 1.29 is 20.0 Å². The molecule has 0 fully saturated rings. The molecule has 0 radical (unpaired) electrons. The summed E-state index contributed by atoms with van der Waals surface area (Å²) in [5.74, 6) is -0.229. The zero-order chi connectivity index (χ0) is 9.28. The quantitative estimate of drug-likeness (QED) is 0.279. The molecule has 0 rings (SSSR count). The molecule has 4 nitrogen and oxygen atoms in total. The van der Waals surface area contributed by atoms with Crippen LogP contribution in [0.2, 0.25) is 0 Å². The van der Waals surface area contributed by atoms with Crippen molar-refractivity contribution in [2.75, 3.05) is 6.61 Å². The van der Waals surface area contributed by atoms with E-state index in [2.05, 4.69) is 4.74 Å². The molecule has 66 valence electrons. The smallest absolute Gasteiger partial charge is 0.302 e. The fraction of sp³-hybridized carbons (Fsp3) is 0.571. The second-order valence-corrected chi connectivity index (χ2v) is 2.08. The van der Waals surface area contributed by atoms with E-state index < -0.39 is 0 Å². The molecule has 0 unspecified atom stereocenters. The van der Waals surface area contributed by atoms with Gasteiger partial charge in [-0.15, -0.1) is 0 Å². The zero-order valence-electron chi connectivity index (χ0n) is 7.00. The van der Waals surface area contributed by atoms with E-state index in [1.165, 1.54) is 6.92 Å². The standard InChI is InChI=1S/C7H12O2.H2O2/c1-6(2)4-5-9-7(3)8;1-2/h4H,5H2,1-3H3;1-2H. The van der Waals surface area contributed by atoms with Gasteiger partial charge in [0.15, 0.2) is 0 Å². The van der Waals surface area contributed by atoms with Gasteiger partial charge in [0.05, 0.1) is 0 Å². The van der Waals surface area contributed by atoms with Gasteiger partial charge < -0.3 is 4.74 Å². The van der Waals surface area contributed by atoms with E-state index in [4.69, 9.17) is 10.5 Å². The molecule has 0 aromatic rings. The second-order valence-electron chi connectivity index (χ2n) is 2.08. The minimum absolute atomic E-state index is 0.229. The third kappa shape index (κ3) is 17.6. The van der Waals surface area contributed by atoms with Gasteiger partial charge in [-0.3, -0.25) is 15.3 Å². The fourth-order valence-corrected chi connectivity index (χ4v) is 0.326. The van der Waals surface area contributed by atoms with Crippen LogP contribution in [0, 0.1) is 0 Å². The number of rotatable bonds is 2. The molecule has 11 heavy (non-hydrogen) atoms. The van der Waals surface area contributed by atoms with Crippen LogP contribution in [0.3, 0.4) is 0 Å². The normalized spacial score (nSPS) is 7.36. The van der Waals surface area contributed by atoms with Crippen LogP contribution in [-0.2, 0) is 9.53 Å². The topological polar surface area (TPSA) is 66.8 Å². The number of carbonyl (C=O) groups excluding carboxylic acids is 1. The first-order valence-electron chi connectivity index (χ1n) is 3.09. The summed E-state index contributed by atoms with van der Waals surface area (Å²) in [4.78, 5) is 10.2. The molecule has 0 saturated carbocycles. The van der Waals surface area contributed by atoms with Crippen LogP contribution in [0.15, 0.2) is 11.6 Å². The molecule has 4 heteroatoms. The number of esters is 1. The van der Waals surface area contributed by atoms with Crippen LogP contribution in [-0.4, -0.2) is 23.1 Å². The van der Waals surface area contributed by atoms with Crippen molar-refractivity contribution in [3.63, 3.8) is 0 Å². The lowest BCUT2D eigenvalue weighted by Gasteiger charge is -1.94. The van der Waals surface area contributed by atoms with Gasteiger partial charge in [-0.25, -0.2) is 0 Å². The first-order chi connectivity index (χ1) is 5.13. The maximum absolute atomic E-state index is 10.2. The molecule has 0 aliphatic rings. The van der Waals surface area contributed by atoms with Gasteiger partial charge >= 0.3 is 5.97 Å². The molecular formula is C7H14O4. The molecule has 0 atom stereocenters. The fourth-order valence-electron chi connectivity index (χ4n) is 0.326. The molecule has 0 heterocycles. The van der Waals surface area contributed by atoms with Gasteiger partial charge in [0, 0.05) is 6.92 Å². The Bertz CT molecular complexity index is 124. The maximum atomic E-state index is 10.2. The third-order valence-electron chi connectivity index (χ3n) is 0.778. The summed E-state index contributed by atoms with van der Waals surface area (Å²) in [5, 5.41) is 12.0. The van der Waals surface area contributed by atoms with Gasteiger partial charge in [-0.1, -0.05) is 5.57 Å². The zero-order valence-corrected chi connectivity index (χ0v) is 7.00. The highest BCUT2D eigenvalue weighted by molar-refractivity contribution is 5.65. The van der Waals surface area contributed by atoms with Gasteiger partial charge in [0.25, 0.3) is 0 Å². The Morgan fingerprint density at radius 1 is 1.36 bits per heavy atom. The number of carbonyl (C=O) groups is 1. The predicted octanol–water partition coefficient (Wildman–Crippen LogP) is 1.53. The molecule has 0 aliphatic heterocycles. The first-order valence-corrected chi connectivity index (χ1v) is 3.09. The molecule has 0 saturated heterocycles. The number of ether oxygens (including phenoxy) is 1. The highest BCUT2D eigenvalue weighted by atomic mass is 17.0. The Morgan fingerprint density at radius 2 is 1.82 bits per heavy atom. The van der Waals surface area contributed by atoms with Crippen molar-refractivity contribution in [3.8, 4) is 0 Å². The lowest BCUT2D eigenvalue weighted by molar-refractivity contribution is -0.176. The molecule has 0 aliphatic carbocycles. The number of allylic oxidation sites excluding steroid dienone is 1. The van der Waals surface area contributed by atoms with E-state index in [0.717, 1.165) is 5.57 Å². The van der Waals surface area contributed by atoms with Gasteiger partial charge in [-0.2, -0.15) is 0 Å². The lowest BCUT2D eigenvalue weighted by Crippen LogP contribution is -1.97. The predicted molar refractivity (Wildman–Crippen MR) is 41.3 cm³/mol. The number of hydrogen-bond acceptors (Lipinski definition) is 4. The average molecular weight is 162 g/mol. The number of hydrogen-bond donors (Lipinski definition) is 2. The Balaban J connectivity index is 0. The van der Waals surface area contributed by atoms with Crippen LogP contribution in [0.5, 0.6) is 0 Å². The Kier molecular flexibility index (Phi) is 10.6. The van der Waals surface area contributed by atoms with Crippen molar-refractivity contribution in [2.24, 2.45) is 0 Å². The summed E-state index contributed by atoms with van der Waals surface area (Å²) in [7, 11) is 0. The minimum atomic E-state index is -0.229. The maximum Gasteiger partial charge on any atom is 0.302 e. The molecule has 0 aromatic heterocycles. The Morgan fingerprint density at radius 3 is 2.09 bits per heavy atom. The van der Waals surface area contributed by atoms with Gasteiger partial charge in [-0.05, 0) is 19.9 Å². The van der Waals surface area contributed by atoms with Crippen molar-refractivity contribution in [3.05, 3.63) is 11.6 Å². The Labute approximate surface area is 66.0 Å². The van der Waals surface area contributed by atoms with Crippen LogP contribution in [0.4, 0.5) is 0 Å². The van der Waals surface area contributed by atoms with E-state index in [1.54, 1.807) is 0 Å². The van der Waals surface area contributed by atoms with Crippen molar-refractivity contribution in [1.29, 1.82) is 0 Å². The molecule has 0 bridgehead atoms. The summed E-state index contributed by atoms with van der Waals surface area (Å²) in [6, 6.07) is 0. The third-order valence-corrected chi connectivity index (χ3v) is 0.778. The second kappa shape index (κ2) is 9.13. The summed E-state index contributed by atoms with van der Waals surface area (Å²) in [6.45, 7) is 5.73. The summed E-state index contributed by atoms with van der Waals surface area (Å²) in [5.41, 5.74) is 1.16. The SMILES string of the molecule is CC(=O)OCC=C(C)C.OO. The van der Waals surface area contributed by atoms with E-state index in [1.807, 2.05) is 19.9 Å². The van der Waals surface area contributed by atoms with E-state index in [-0.39, 0.29) is 5.97 Å². The van der Waals surface area contributed by atoms with Crippen LogP contribution in [0.1, 0.15) is 20.8 Å². The van der Waals surface area contributed by atoms with E-state index in [9.17, 15) is 4.79 Å². The van der Waals surface area contributed by atoms with Crippen molar-refractivity contribution in [1.82, 2.24) is 0 Å². The molecule has 0 aromatic carbocycles. The summed E-state index contributed by atoms with van der Waals surface area (Å²) in [6.07, 6.45) is 1.86. The lowest BCUT2D eigenvalue weighted by atomic mass is 10.3. The summed E-state index contributed by atoms with van der Waals surface area (Å²) < 4.78 is 4.64. The Hall–Kier alpha value is -0.870. The van der Waals surface area contributed by atoms with Gasteiger partial charge in [0.2, 0.25) is 0 Å². The van der Waals surface area contributed by atoms with Crippen molar-refractivity contribution >= 4 is 5.97 Å². The molecule has 0 spiro atoms. The van der Waals surface area contributed by atoms with Crippen LogP contribution < -0.4 is 0 Å². The first kappa shape index (κ1) is 12.8. The summed E-state index contributed by atoms with van der Waals surface area (Å²) >= 11 is 0. The highest BCUT2D eigenvalue weighted by Crippen LogP contribution is 1.87. The van der Waals surface area contributed by atoms with Crippen LogP contribution in [0.25, 0.3) is 0 Å². The average Bonchev–Trinajstić information content (AvgIpc) is 1.90. The largest absolute Gasteiger partial charge is 0.462 e. The van der Waals surface area contributed by atoms with Gasteiger partial charge in [0.1, 0.15) is 6.61 Å². The molecular weight excluding hydrogens is 148 g/mol. The highest BCUT2D eigenvalue weighted by Gasteiger charge is 1.86. The minimum Gasteiger partial charge on any atom is -0.462 e. The van der Waals surface area contributed by atoms with E-state index in [0.29, 0.717) is 6.61 Å². The molecule has 2 N–H and O–H groups in total. The monoisotopic (exact) mass is 162 g/mol. The molecule has 0 amide bonds. The van der Waals surface area contributed by atoms with Crippen molar-refractivity contribution in [2.45, 2.75) is 20.8 Å². The van der Waals surface area contributed by atoms with Crippen LogP contribution >= 0.6 is 0 Å².